The topological polar surface area (TPSA) is 113 Å². The first-order valence-electron chi connectivity index (χ1n) is 11.1. The Hall–Kier alpha value is -2.14. The summed E-state index contributed by atoms with van der Waals surface area (Å²) in [4.78, 5) is 39.7. The van der Waals surface area contributed by atoms with Gasteiger partial charge in [0.05, 0.1) is 22.9 Å². The van der Waals surface area contributed by atoms with Crippen LogP contribution in [0.25, 0.3) is 0 Å². The lowest BCUT2D eigenvalue weighted by molar-refractivity contribution is -0.121. The fourth-order valence-electron chi connectivity index (χ4n) is 4.45. The van der Waals surface area contributed by atoms with E-state index in [4.69, 9.17) is 4.74 Å². The van der Waals surface area contributed by atoms with E-state index in [2.05, 4.69) is 21.2 Å². The highest BCUT2D eigenvalue weighted by Crippen LogP contribution is 2.40. The third-order valence-corrected chi connectivity index (χ3v) is 8.15. The van der Waals surface area contributed by atoms with Gasteiger partial charge in [0.1, 0.15) is 0 Å². The molecule has 0 aromatic heterocycles. The monoisotopic (exact) mass is 543 g/mol. The molecule has 2 aliphatic heterocycles. The second-order valence-corrected chi connectivity index (χ2v) is 11.4. The summed E-state index contributed by atoms with van der Waals surface area (Å²) in [6, 6.07) is 3.09. The minimum absolute atomic E-state index is 0.0713. The lowest BCUT2D eigenvalue weighted by Gasteiger charge is -2.31. The molecule has 1 aromatic rings. The van der Waals surface area contributed by atoms with Gasteiger partial charge in [0, 0.05) is 43.0 Å². The van der Waals surface area contributed by atoms with Crippen molar-refractivity contribution in [3.05, 3.63) is 22.2 Å². The van der Waals surface area contributed by atoms with E-state index in [1.54, 1.807) is 11.8 Å². The molecule has 0 radical (unpaired) electrons. The number of carbonyl (C=O) groups excluding carboxylic acids is 3. The molecule has 0 bridgehead atoms. The number of halogens is 1. The van der Waals surface area contributed by atoms with Crippen LogP contribution in [0, 0.1) is 0 Å². The van der Waals surface area contributed by atoms with E-state index < -0.39 is 9.84 Å². The normalized spacial score (nSPS) is 18.7. The number of nitrogens with one attached hydrogen (secondary N) is 1. The number of hydrogen-bond acceptors (Lipinski definition) is 6. The highest BCUT2D eigenvalue weighted by Gasteiger charge is 2.35. The molecule has 3 rings (SSSR count). The molecule has 3 amide bonds. The zero-order chi connectivity index (χ0) is 24.3. The molecule has 182 valence electrons. The van der Waals surface area contributed by atoms with Gasteiger partial charge in [-0.3, -0.25) is 9.59 Å². The van der Waals surface area contributed by atoms with Crippen molar-refractivity contribution < 1.29 is 27.5 Å². The molecule has 33 heavy (non-hydrogen) atoms. The Morgan fingerprint density at radius 2 is 1.88 bits per heavy atom. The van der Waals surface area contributed by atoms with Crippen molar-refractivity contribution in [1.82, 2.24) is 10.2 Å². The van der Waals surface area contributed by atoms with Crippen LogP contribution in [-0.4, -0.2) is 68.8 Å². The first-order chi connectivity index (χ1) is 15.5. The van der Waals surface area contributed by atoms with E-state index in [0.29, 0.717) is 49.1 Å². The minimum Gasteiger partial charge on any atom is -0.450 e. The zero-order valence-electron chi connectivity index (χ0n) is 19.1. The van der Waals surface area contributed by atoms with Crippen LogP contribution in [0.2, 0.25) is 0 Å². The number of ether oxygens (including phenoxy) is 1. The van der Waals surface area contributed by atoms with E-state index in [1.165, 1.54) is 17.9 Å². The molecule has 1 atom stereocenters. The summed E-state index contributed by atoms with van der Waals surface area (Å²) in [6.45, 7) is 6.32. The second-order valence-electron chi connectivity index (χ2n) is 8.45. The molecule has 0 saturated carbocycles. The predicted molar refractivity (Wildman–Crippen MR) is 127 cm³/mol. The third-order valence-electron chi connectivity index (χ3n) is 5.97. The molecule has 2 aliphatic rings. The van der Waals surface area contributed by atoms with Crippen molar-refractivity contribution in [2.75, 3.05) is 30.3 Å². The molecular formula is C22H30BrN3O6S. The summed E-state index contributed by atoms with van der Waals surface area (Å²) < 4.78 is 32.0. The number of benzene rings is 1. The Bertz CT molecular complexity index is 1040. The van der Waals surface area contributed by atoms with Gasteiger partial charge in [-0.1, -0.05) is 15.9 Å². The fourth-order valence-corrected chi connectivity index (χ4v) is 6.61. The van der Waals surface area contributed by atoms with Crippen LogP contribution in [-0.2, 0) is 30.6 Å². The number of anilines is 1. The Labute approximate surface area is 202 Å². The molecule has 0 spiro atoms. The van der Waals surface area contributed by atoms with Gasteiger partial charge in [-0.15, -0.1) is 0 Å². The van der Waals surface area contributed by atoms with Crippen molar-refractivity contribution in [3.63, 3.8) is 0 Å². The maximum Gasteiger partial charge on any atom is 0.409 e. The van der Waals surface area contributed by atoms with Crippen molar-refractivity contribution in [2.24, 2.45) is 0 Å². The first kappa shape index (κ1) is 25.5. The van der Waals surface area contributed by atoms with Gasteiger partial charge in [-0.2, -0.15) is 0 Å². The van der Waals surface area contributed by atoms with Crippen LogP contribution in [0.3, 0.4) is 0 Å². The van der Waals surface area contributed by atoms with Crippen LogP contribution < -0.4 is 10.2 Å². The molecule has 1 fully saturated rings. The predicted octanol–water partition coefficient (Wildman–Crippen LogP) is 2.65. The van der Waals surface area contributed by atoms with Crippen molar-refractivity contribution >= 4 is 49.4 Å². The molecule has 11 heteroatoms. The van der Waals surface area contributed by atoms with E-state index >= 15 is 0 Å². The van der Waals surface area contributed by atoms with Gasteiger partial charge >= 0.3 is 6.09 Å². The van der Waals surface area contributed by atoms with E-state index in [1.807, 2.05) is 13.0 Å². The molecular weight excluding hydrogens is 514 g/mol. The van der Waals surface area contributed by atoms with Gasteiger partial charge in [0.15, 0.2) is 9.84 Å². The summed E-state index contributed by atoms with van der Waals surface area (Å²) in [7, 11) is -3.81. The summed E-state index contributed by atoms with van der Waals surface area (Å²) in [5, 5.41) is 2.88. The highest BCUT2D eigenvalue weighted by atomic mass is 79.9. The van der Waals surface area contributed by atoms with E-state index in [9.17, 15) is 22.8 Å². The highest BCUT2D eigenvalue weighted by molar-refractivity contribution is 9.10. The third kappa shape index (κ3) is 5.87. The van der Waals surface area contributed by atoms with E-state index in [-0.39, 0.29) is 47.1 Å². The molecule has 0 aliphatic carbocycles. The van der Waals surface area contributed by atoms with E-state index in [0.717, 1.165) is 5.56 Å². The zero-order valence-corrected chi connectivity index (χ0v) is 21.5. The standard InChI is InChI=1S/C22H30BrN3O6S/c1-4-32-22(29)25-8-5-18(6-9-25)24-20(28)7-10-33(30,31)19-13-17(23)12-16-11-14(2)26(15(3)27)21(16)19/h12-14,18H,4-11H2,1-3H3,(H,24,28). The van der Waals surface area contributed by atoms with Crippen molar-refractivity contribution in [3.8, 4) is 0 Å². The number of hydrogen-bond donors (Lipinski definition) is 1. The van der Waals surface area contributed by atoms with Crippen LogP contribution in [0.4, 0.5) is 10.5 Å². The molecule has 1 aromatic carbocycles. The van der Waals surface area contributed by atoms with Gasteiger partial charge in [0.25, 0.3) is 0 Å². The number of rotatable bonds is 6. The van der Waals surface area contributed by atoms with Gasteiger partial charge in [-0.25, -0.2) is 13.2 Å². The summed E-state index contributed by atoms with van der Waals surface area (Å²) >= 11 is 3.37. The lowest BCUT2D eigenvalue weighted by atomic mass is 10.1. The number of carbonyl (C=O) groups is 3. The molecule has 1 N–H and O–H groups in total. The molecule has 1 saturated heterocycles. The van der Waals surface area contributed by atoms with Crippen LogP contribution in [0.1, 0.15) is 45.6 Å². The SMILES string of the molecule is CCOC(=O)N1CCC(NC(=O)CCS(=O)(=O)c2cc(Br)cc3c2N(C(C)=O)C(C)C3)CC1. The first-order valence-corrected chi connectivity index (χ1v) is 13.5. The Morgan fingerprint density at radius 1 is 1.21 bits per heavy atom. The summed E-state index contributed by atoms with van der Waals surface area (Å²) in [5.74, 6) is -0.924. The van der Waals surface area contributed by atoms with Gasteiger partial charge in [0.2, 0.25) is 11.8 Å². The number of fused-ring (bicyclic) bond motifs is 1. The van der Waals surface area contributed by atoms with Gasteiger partial charge < -0.3 is 19.9 Å². The maximum atomic E-state index is 13.2. The smallest absolute Gasteiger partial charge is 0.409 e. The van der Waals surface area contributed by atoms with Crippen LogP contribution >= 0.6 is 15.9 Å². The molecule has 2 heterocycles. The number of likely N-dealkylation sites (tertiary alicyclic amines) is 1. The summed E-state index contributed by atoms with van der Waals surface area (Å²) in [6.07, 6.45) is 1.20. The maximum absolute atomic E-state index is 13.2. The number of sulfone groups is 1. The number of piperidine rings is 1. The average molecular weight is 544 g/mol. The van der Waals surface area contributed by atoms with Crippen LogP contribution in [0.15, 0.2) is 21.5 Å². The number of amides is 3. The molecule has 1 unspecified atom stereocenters. The number of nitrogens with zero attached hydrogens (tertiary/aromatic N) is 2. The second kappa shape index (κ2) is 10.4. The lowest BCUT2D eigenvalue weighted by Crippen LogP contribution is -2.46. The average Bonchev–Trinajstić information content (AvgIpc) is 3.08. The largest absolute Gasteiger partial charge is 0.450 e. The Balaban J connectivity index is 1.63. The Kier molecular flexibility index (Phi) is 8.04. The van der Waals surface area contributed by atoms with Crippen molar-refractivity contribution in [2.45, 2.75) is 63.4 Å². The minimum atomic E-state index is -3.81. The quantitative estimate of drug-likeness (QED) is 0.590. The van der Waals surface area contributed by atoms with Crippen LogP contribution in [0.5, 0.6) is 0 Å². The fraction of sp³-hybridized carbons (Fsp3) is 0.591. The van der Waals surface area contributed by atoms with Crippen molar-refractivity contribution in [1.29, 1.82) is 0 Å². The summed E-state index contributed by atoms with van der Waals surface area (Å²) in [5.41, 5.74) is 1.22. The molecule has 9 nitrogen and oxygen atoms in total. The van der Waals surface area contributed by atoms with Gasteiger partial charge in [-0.05, 0) is 50.8 Å². The Morgan fingerprint density at radius 3 is 2.48 bits per heavy atom.